The van der Waals surface area contributed by atoms with E-state index in [1.807, 2.05) is 0 Å². The zero-order valence-corrected chi connectivity index (χ0v) is 7.02. The molecule has 0 heterocycles. The van der Waals surface area contributed by atoms with Crippen LogP contribution < -0.4 is 0 Å². The zero-order valence-electron chi connectivity index (χ0n) is 6.21. The van der Waals surface area contributed by atoms with Crippen molar-refractivity contribution in [3.05, 3.63) is 40.4 Å². The Hall–Kier alpha value is -1.63. The molecule has 0 aromatic heterocycles. The van der Waals surface area contributed by atoms with Gasteiger partial charge in [-0.2, -0.15) is 12.7 Å². The lowest BCUT2D eigenvalue weighted by Crippen LogP contribution is -2.11. The second-order valence-electron chi connectivity index (χ2n) is 1.98. The van der Waals surface area contributed by atoms with E-state index in [9.17, 15) is 18.5 Å². The first kappa shape index (κ1) is 9.46. The van der Waals surface area contributed by atoms with Crippen LogP contribution in [-0.2, 0) is 14.4 Å². The van der Waals surface area contributed by atoms with E-state index in [1.165, 1.54) is 18.2 Å². The Morgan fingerprint density at radius 3 is 2.62 bits per heavy atom. The van der Waals surface area contributed by atoms with Crippen LogP contribution in [0, 0.1) is 16.2 Å². The molecule has 0 fully saturated rings. The first-order valence-corrected chi connectivity index (χ1v) is 4.49. The van der Waals surface area contributed by atoms with Crippen LogP contribution in [0.4, 0.5) is 0 Å². The molecule has 0 bridgehead atoms. The molecule has 0 aliphatic rings. The Kier molecular flexibility index (Phi) is 2.47. The van der Waals surface area contributed by atoms with Gasteiger partial charge < -0.3 is 0 Å². The van der Waals surface area contributed by atoms with Gasteiger partial charge in [0.25, 0.3) is 0 Å². The van der Waals surface area contributed by atoms with Gasteiger partial charge in [-0.05, 0) is 6.07 Å². The van der Waals surface area contributed by atoms with Gasteiger partial charge in [0.05, 0.1) is 0 Å². The van der Waals surface area contributed by atoms with Gasteiger partial charge in [0.2, 0.25) is 0 Å². The van der Waals surface area contributed by atoms with Crippen molar-refractivity contribution in [3.8, 4) is 0 Å². The van der Waals surface area contributed by atoms with Gasteiger partial charge >= 0.3 is 15.2 Å². The summed E-state index contributed by atoms with van der Waals surface area (Å²) in [5, 5.41) is 8.40. The van der Waals surface area contributed by atoms with Gasteiger partial charge in [-0.25, -0.2) is 0 Å². The predicted octanol–water partition coefficient (Wildman–Crippen LogP) is 0.384. The summed E-state index contributed by atoms with van der Waals surface area (Å²) < 4.78 is 25.4. The molecule has 1 aromatic rings. The van der Waals surface area contributed by atoms with Crippen LogP contribution in [0.15, 0.2) is 29.2 Å². The quantitative estimate of drug-likeness (QED) is 0.522. The third kappa shape index (κ3) is 2.41. The Labute approximate surface area is 74.0 Å². The van der Waals surface area contributed by atoms with E-state index in [1.54, 1.807) is 0 Å². The van der Waals surface area contributed by atoms with Crippen LogP contribution in [-0.4, -0.2) is 13.5 Å². The molecule has 0 unspecified atom stereocenters. The number of rotatable bonds is 3. The molecule has 0 N–H and O–H groups in total. The second kappa shape index (κ2) is 3.40. The minimum atomic E-state index is -4.31. The Balaban J connectivity index is 3.02. The standard InChI is InChI=1S/C6H4NO5S/c8-7(9)12-13(10,11)6-4-2-1-3-5-6/h1-4H. The second-order valence-corrected chi connectivity index (χ2v) is 3.48. The molecule has 0 spiro atoms. The molecule has 13 heavy (non-hydrogen) atoms. The molecule has 0 aliphatic heterocycles. The van der Waals surface area contributed by atoms with E-state index in [0.717, 1.165) is 6.07 Å². The first-order chi connectivity index (χ1) is 6.02. The summed E-state index contributed by atoms with van der Waals surface area (Å²) in [6.45, 7) is 0. The van der Waals surface area contributed by atoms with Gasteiger partial charge in [-0.15, -0.1) is 10.1 Å². The van der Waals surface area contributed by atoms with Crippen molar-refractivity contribution in [2.24, 2.45) is 0 Å². The molecule has 1 rings (SSSR count). The van der Waals surface area contributed by atoms with E-state index in [4.69, 9.17) is 0 Å². The molecular weight excluding hydrogens is 198 g/mol. The molecule has 0 atom stereocenters. The van der Waals surface area contributed by atoms with E-state index < -0.39 is 15.2 Å². The van der Waals surface area contributed by atoms with Crippen molar-refractivity contribution in [2.45, 2.75) is 4.90 Å². The van der Waals surface area contributed by atoms with Crippen LogP contribution in [0.3, 0.4) is 0 Å². The highest BCUT2D eigenvalue weighted by Crippen LogP contribution is 2.09. The van der Waals surface area contributed by atoms with E-state index in [0.29, 0.717) is 0 Å². The molecule has 1 radical (unpaired) electrons. The highest BCUT2D eigenvalue weighted by atomic mass is 32.2. The fourth-order valence-electron chi connectivity index (χ4n) is 0.653. The fraction of sp³-hybridized carbons (Fsp3) is 0. The SMILES string of the molecule is O=[N+]([O-])OS(=O)(=O)c1[c]cccc1. The summed E-state index contributed by atoms with van der Waals surface area (Å²) in [6.07, 6.45) is 0. The van der Waals surface area contributed by atoms with Gasteiger partial charge in [0.1, 0.15) is 4.90 Å². The summed E-state index contributed by atoms with van der Waals surface area (Å²) in [4.78, 5) is 9.41. The summed E-state index contributed by atoms with van der Waals surface area (Å²) in [6, 6.07) is 7.71. The maximum Gasteiger partial charge on any atom is 0.334 e. The Morgan fingerprint density at radius 2 is 2.15 bits per heavy atom. The highest BCUT2D eigenvalue weighted by molar-refractivity contribution is 7.86. The van der Waals surface area contributed by atoms with Crippen molar-refractivity contribution in [1.29, 1.82) is 0 Å². The number of hydrogen-bond acceptors (Lipinski definition) is 5. The first-order valence-electron chi connectivity index (χ1n) is 3.08. The Morgan fingerprint density at radius 1 is 1.46 bits per heavy atom. The van der Waals surface area contributed by atoms with E-state index >= 15 is 0 Å². The summed E-state index contributed by atoms with van der Waals surface area (Å²) in [7, 11) is -4.31. The van der Waals surface area contributed by atoms with Crippen molar-refractivity contribution in [1.82, 2.24) is 0 Å². The molecule has 6 nitrogen and oxygen atoms in total. The van der Waals surface area contributed by atoms with Gasteiger partial charge in [-0.1, -0.05) is 18.2 Å². The average Bonchev–Trinajstić information content (AvgIpc) is 2.04. The average molecular weight is 202 g/mol. The topological polar surface area (TPSA) is 86.5 Å². The molecule has 0 aliphatic carbocycles. The van der Waals surface area contributed by atoms with Crippen molar-refractivity contribution >= 4 is 10.1 Å². The van der Waals surface area contributed by atoms with Gasteiger partial charge in [-0.3, -0.25) is 0 Å². The third-order valence-corrected chi connectivity index (χ3v) is 2.22. The molecule has 0 saturated carbocycles. The Bertz CT molecular complexity index is 398. The molecule has 0 amide bonds. The number of nitrogens with zero attached hydrogens (tertiary/aromatic N) is 1. The van der Waals surface area contributed by atoms with Crippen molar-refractivity contribution in [3.63, 3.8) is 0 Å². The molecule has 69 valence electrons. The smallest absolute Gasteiger partial charge is 0.196 e. The lowest BCUT2D eigenvalue weighted by Gasteiger charge is -1.98. The monoisotopic (exact) mass is 202 g/mol. The van der Waals surface area contributed by atoms with Crippen LogP contribution >= 0.6 is 0 Å². The van der Waals surface area contributed by atoms with E-state index in [-0.39, 0.29) is 4.90 Å². The minimum absolute atomic E-state index is 0.369. The van der Waals surface area contributed by atoms with E-state index in [2.05, 4.69) is 10.4 Å². The molecule has 0 saturated heterocycles. The number of benzene rings is 1. The summed E-state index contributed by atoms with van der Waals surface area (Å²) in [5.74, 6) is 0. The van der Waals surface area contributed by atoms with Crippen LogP contribution in [0.2, 0.25) is 0 Å². The van der Waals surface area contributed by atoms with Crippen LogP contribution in [0.1, 0.15) is 0 Å². The normalized spacial score (nSPS) is 10.8. The predicted molar refractivity (Wildman–Crippen MR) is 40.5 cm³/mol. The van der Waals surface area contributed by atoms with Crippen molar-refractivity contribution < 1.29 is 17.8 Å². The van der Waals surface area contributed by atoms with Crippen molar-refractivity contribution in [2.75, 3.05) is 0 Å². The summed E-state index contributed by atoms with van der Waals surface area (Å²) >= 11 is 0. The minimum Gasteiger partial charge on any atom is -0.196 e. The van der Waals surface area contributed by atoms with Gasteiger partial charge in [0, 0.05) is 6.07 Å². The lowest BCUT2D eigenvalue weighted by atomic mass is 10.4. The summed E-state index contributed by atoms with van der Waals surface area (Å²) in [5.41, 5.74) is 0. The third-order valence-electron chi connectivity index (χ3n) is 1.11. The molecule has 1 aromatic carbocycles. The maximum atomic E-state index is 10.9. The molecular formula is C6H4NO5S. The van der Waals surface area contributed by atoms with Crippen LogP contribution in [0.25, 0.3) is 0 Å². The zero-order chi connectivity index (χ0) is 9.90. The lowest BCUT2D eigenvalue weighted by molar-refractivity contribution is -0.711. The fourth-order valence-corrected chi connectivity index (χ4v) is 1.35. The van der Waals surface area contributed by atoms with Crippen LogP contribution in [0.5, 0.6) is 0 Å². The largest absolute Gasteiger partial charge is 0.334 e. The highest BCUT2D eigenvalue weighted by Gasteiger charge is 2.18. The van der Waals surface area contributed by atoms with Gasteiger partial charge in [0.15, 0.2) is 0 Å². The maximum absolute atomic E-state index is 10.9. The molecule has 7 heteroatoms. The number of hydrogen-bond donors (Lipinski definition) is 0.